The predicted molar refractivity (Wildman–Crippen MR) is 115 cm³/mol. The van der Waals surface area contributed by atoms with E-state index in [2.05, 4.69) is 10.6 Å². The van der Waals surface area contributed by atoms with Crippen molar-refractivity contribution in [2.24, 2.45) is 0 Å². The van der Waals surface area contributed by atoms with Crippen LogP contribution in [0.25, 0.3) is 16.6 Å². The first kappa shape index (κ1) is 19.8. The lowest BCUT2D eigenvalue weighted by Gasteiger charge is -2.30. The molecule has 2 N–H and O–H groups in total. The Bertz CT molecular complexity index is 1210. The van der Waals surface area contributed by atoms with Crippen LogP contribution in [0.15, 0.2) is 60.3 Å². The molecule has 1 atom stereocenters. The first-order valence-electron chi connectivity index (χ1n) is 9.17. The van der Waals surface area contributed by atoms with E-state index in [9.17, 15) is 14.0 Å². The number of aromatic nitrogens is 1. The lowest BCUT2D eigenvalue weighted by molar-refractivity contribution is -0.136. The molecule has 0 aliphatic carbocycles. The smallest absolute Gasteiger partial charge is 0.338 e. The third kappa shape index (κ3) is 3.35. The molecule has 8 heteroatoms. The van der Waals surface area contributed by atoms with Gasteiger partial charge in [0.2, 0.25) is 5.91 Å². The second-order valence-electron chi connectivity index (χ2n) is 6.81. The molecule has 0 amide bonds. The highest BCUT2D eigenvalue weighted by molar-refractivity contribution is 7.80. The standard InChI is InChI=1S/C22H18FN3O3S/c1-12(27)26-11-16(15-5-3-4-6-17(15)26)20-18(21(28)29-2)19(24-22(30)25-20)13-7-9-14(23)10-8-13/h3-11,20H,1-2H3,(H2,24,25,30). The van der Waals surface area contributed by atoms with Gasteiger partial charge in [0.15, 0.2) is 5.11 Å². The molecular weight excluding hydrogens is 405 g/mol. The maximum Gasteiger partial charge on any atom is 0.338 e. The predicted octanol–water partition coefficient (Wildman–Crippen LogP) is 3.54. The Hall–Kier alpha value is -3.52. The fourth-order valence-corrected chi connectivity index (χ4v) is 3.89. The molecule has 0 spiro atoms. The van der Waals surface area contributed by atoms with Gasteiger partial charge in [-0.3, -0.25) is 9.36 Å². The first-order chi connectivity index (χ1) is 14.4. The van der Waals surface area contributed by atoms with Gasteiger partial charge in [-0.2, -0.15) is 0 Å². The van der Waals surface area contributed by atoms with Gasteiger partial charge in [0, 0.05) is 24.1 Å². The summed E-state index contributed by atoms with van der Waals surface area (Å²) in [5, 5.41) is 7.21. The minimum Gasteiger partial charge on any atom is -0.466 e. The molecule has 1 unspecified atom stereocenters. The van der Waals surface area contributed by atoms with E-state index in [0.717, 1.165) is 10.9 Å². The number of hydrogen-bond donors (Lipinski definition) is 2. The van der Waals surface area contributed by atoms with Gasteiger partial charge >= 0.3 is 5.97 Å². The average molecular weight is 423 g/mol. The number of esters is 1. The van der Waals surface area contributed by atoms with E-state index in [1.807, 2.05) is 24.3 Å². The van der Waals surface area contributed by atoms with Crippen molar-refractivity contribution in [3.05, 3.63) is 77.2 Å². The Labute approximate surface area is 177 Å². The van der Waals surface area contributed by atoms with Crippen molar-refractivity contribution in [1.29, 1.82) is 0 Å². The molecule has 0 fully saturated rings. The van der Waals surface area contributed by atoms with Crippen LogP contribution in [0.1, 0.15) is 28.9 Å². The number of methoxy groups -OCH3 is 1. The molecule has 3 aromatic rings. The van der Waals surface area contributed by atoms with Gasteiger partial charge in [0.1, 0.15) is 5.82 Å². The van der Waals surface area contributed by atoms with E-state index >= 15 is 0 Å². The highest BCUT2D eigenvalue weighted by Gasteiger charge is 2.34. The Morgan fingerprint density at radius 3 is 2.50 bits per heavy atom. The lowest BCUT2D eigenvalue weighted by atomic mass is 9.92. The first-order valence-corrected chi connectivity index (χ1v) is 9.58. The third-order valence-electron chi connectivity index (χ3n) is 5.00. The molecule has 4 rings (SSSR count). The van der Waals surface area contributed by atoms with Crippen molar-refractivity contribution in [2.75, 3.05) is 7.11 Å². The quantitative estimate of drug-likeness (QED) is 0.496. The Morgan fingerprint density at radius 1 is 1.13 bits per heavy atom. The number of carbonyl (C=O) groups is 2. The molecule has 2 heterocycles. The number of nitrogens with zero attached hydrogens (tertiary/aromatic N) is 1. The second kappa shape index (κ2) is 7.72. The number of hydrogen-bond acceptors (Lipinski definition) is 4. The van der Waals surface area contributed by atoms with Gasteiger partial charge in [0.05, 0.1) is 29.9 Å². The van der Waals surface area contributed by atoms with E-state index in [4.69, 9.17) is 17.0 Å². The Kier molecular flexibility index (Phi) is 5.09. The molecule has 1 aliphatic rings. The molecule has 1 aromatic heterocycles. The summed E-state index contributed by atoms with van der Waals surface area (Å²) in [6, 6.07) is 12.5. The molecule has 0 bridgehead atoms. The number of fused-ring (bicyclic) bond motifs is 1. The highest BCUT2D eigenvalue weighted by atomic mass is 32.1. The second-order valence-corrected chi connectivity index (χ2v) is 7.22. The van der Waals surface area contributed by atoms with E-state index in [-0.39, 0.29) is 11.5 Å². The number of ether oxygens (including phenoxy) is 1. The van der Waals surface area contributed by atoms with E-state index in [1.165, 1.54) is 30.7 Å². The number of para-hydroxylation sites is 1. The van der Waals surface area contributed by atoms with Crippen LogP contribution >= 0.6 is 12.2 Å². The van der Waals surface area contributed by atoms with Crippen LogP contribution in [-0.4, -0.2) is 28.7 Å². The minimum absolute atomic E-state index is 0.156. The fourth-order valence-electron chi connectivity index (χ4n) is 3.67. The molecule has 6 nitrogen and oxygen atoms in total. The number of rotatable bonds is 3. The topological polar surface area (TPSA) is 72.4 Å². The number of benzene rings is 2. The largest absolute Gasteiger partial charge is 0.466 e. The maximum absolute atomic E-state index is 13.4. The summed E-state index contributed by atoms with van der Waals surface area (Å²) in [6.45, 7) is 1.47. The zero-order valence-electron chi connectivity index (χ0n) is 16.2. The highest BCUT2D eigenvalue weighted by Crippen LogP contribution is 2.36. The van der Waals surface area contributed by atoms with Crippen molar-refractivity contribution in [3.63, 3.8) is 0 Å². The zero-order chi connectivity index (χ0) is 21.4. The van der Waals surface area contributed by atoms with Crippen LogP contribution in [-0.2, 0) is 9.53 Å². The Morgan fingerprint density at radius 2 is 1.83 bits per heavy atom. The van der Waals surface area contributed by atoms with Crippen LogP contribution in [0.3, 0.4) is 0 Å². The normalized spacial score (nSPS) is 16.2. The van der Waals surface area contributed by atoms with Crippen molar-refractivity contribution < 1.29 is 18.7 Å². The van der Waals surface area contributed by atoms with Gasteiger partial charge in [-0.15, -0.1) is 0 Å². The van der Waals surface area contributed by atoms with Crippen molar-refractivity contribution in [2.45, 2.75) is 13.0 Å². The molecule has 0 saturated carbocycles. The van der Waals surface area contributed by atoms with Gasteiger partial charge in [-0.25, -0.2) is 9.18 Å². The van der Waals surface area contributed by atoms with E-state index in [1.54, 1.807) is 18.3 Å². The minimum atomic E-state index is -0.670. The van der Waals surface area contributed by atoms with Crippen LogP contribution < -0.4 is 10.6 Å². The third-order valence-corrected chi connectivity index (χ3v) is 5.22. The maximum atomic E-state index is 13.4. The van der Waals surface area contributed by atoms with Crippen molar-refractivity contribution in [1.82, 2.24) is 15.2 Å². The number of nitrogens with one attached hydrogen (secondary N) is 2. The summed E-state index contributed by atoms with van der Waals surface area (Å²) in [7, 11) is 1.29. The van der Waals surface area contributed by atoms with E-state index in [0.29, 0.717) is 21.9 Å². The summed E-state index contributed by atoms with van der Waals surface area (Å²) >= 11 is 5.39. The molecule has 152 valence electrons. The molecule has 0 saturated heterocycles. The van der Waals surface area contributed by atoms with Gasteiger partial charge in [-0.1, -0.05) is 18.2 Å². The van der Waals surface area contributed by atoms with Crippen LogP contribution in [0, 0.1) is 5.82 Å². The monoisotopic (exact) mass is 423 g/mol. The van der Waals surface area contributed by atoms with Crippen LogP contribution in [0.4, 0.5) is 4.39 Å². The molecule has 2 aromatic carbocycles. The number of thiocarbonyl (C=S) groups is 1. The van der Waals surface area contributed by atoms with Crippen LogP contribution in [0.2, 0.25) is 0 Å². The van der Waals surface area contributed by atoms with Gasteiger partial charge in [-0.05, 0) is 48.1 Å². The molecule has 0 radical (unpaired) electrons. The molecule has 30 heavy (non-hydrogen) atoms. The Balaban J connectivity index is 1.98. The number of halogens is 1. The summed E-state index contributed by atoms with van der Waals surface area (Å²) < 4.78 is 20.0. The van der Waals surface area contributed by atoms with Gasteiger partial charge in [0.25, 0.3) is 0 Å². The van der Waals surface area contributed by atoms with Crippen molar-refractivity contribution >= 4 is 45.8 Å². The van der Waals surface area contributed by atoms with E-state index < -0.39 is 17.8 Å². The summed E-state index contributed by atoms with van der Waals surface area (Å²) in [4.78, 5) is 25.0. The number of carbonyl (C=O) groups excluding carboxylic acids is 2. The molecule has 1 aliphatic heterocycles. The lowest BCUT2D eigenvalue weighted by Crippen LogP contribution is -2.45. The van der Waals surface area contributed by atoms with Crippen molar-refractivity contribution in [3.8, 4) is 0 Å². The van der Waals surface area contributed by atoms with Gasteiger partial charge < -0.3 is 15.4 Å². The van der Waals surface area contributed by atoms with Crippen LogP contribution in [0.5, 0.6) is 0 Å². The summed E-state index contributed by atoms with van der Waals surface area (Å²) in [5.41, 5.74) is 2.71. The average Bonchev–Trinajstić information content (AvgIpc) is 3.13. The molecular formula is C22H18FN3O3S. The fraction of sp³-hybridized carbons (Fsp3) is 0.136. The SMILES string of the molecule is COC(=O)C1=C(c2ccc(F)cc2)NC(=S)NC1c1cn(C(C)=O)c2ccccc12. The zero-order valence-corrected chi connectivity index (χ0v) is 17.0. The summed E-state index contributed by atoms with van der Waals surface area (Å²) in [6.07, 6.45) is 1.70. The summed E-state index contributed by atoms with van der Waals surface area (Å²) in [5.74, 6) is -1.12.